The Morgan fingerprint density at radius 1 is 1.18 bits per heavy atom. The van der Waals surface area contributed by atoms with E-state index < -0.39 is 0 Å². The Hall–Kier alpha value is -2.04. The van der Waals surface area contributed by atoms with Gasteiger partial charge in [-0.1, -0.05) is 11.6 Å². The predicted octanol–water partition coefficient (Wildman–Crippen LogP) is 5.12. The lowest BCUT2D eigenvalue weighted by Crippen LogP contribution is -1.90. The summed E-state index contributed by atoms with van der Waals surface area (Å²) in [5.74, 6) is 0.897. The molecule has 0 fully saturated rings. The van der Waals surface area contributed by atoms with Gasteiger partial charge in [0, 0.05) is 27.6 Å². The first-order chi connectivity index (χ1) is 10.7. The van der Waals surface area contributed by atoms with Crippen molar-refractivity contribution >= 4 is 33.8 Å². The van der Waals surface area contributed by atoms with Crippen molar-refractivity contribution in [3.05, 3.63) is 57.9 Å². The smallest absolute Gasteiger partial charge is 0.187 e. The molecule has 5 heteroatoms. The minimum absolute atomic E-state index is 0.732. The molecule has 1 aliphatic rings. The number of nitrogens with zero attached hydrogens (tertiary/aromatic N) is 1. The molecular weight excluding hydrogens is 316 g/mol. The predicted molar refractivity (Wildman–Crippen MR) is 91.6 cm³/mol. The van der Waals surface area contributed by atoms with Crippen molar-refractivity contribution in [2.24, 2.45) is 0 Å². The third-order valence-electron chi connectivity index (χ3n) is 3.71. The number of methoxy groups -OCH3 is 1. The maximum Gasteiger partial charge on any atom is 0.187 e. The maximum atomic E-state index is 5.91. The molecule has 0 spiro atoms. The van der Waals surface area contributed by atoms with E-state index in [9.17, 15) is 0 Å². The van der Waals surface area contributed by atoms with Crippen LogP contribution in [0.2, 0.25) is 5.02 Å². The van der Waals surface area contributed by atoms with Crippen molar-refractivity contribution < 1.29 is 4.74 Å². The van der Waals surface area contributed by atoms with Gasteiger partial charge >= 0.3 is 0 Å². The summed E-state index contributed by atoms with van der Waals surface area (Å²) in [6.45, 7) is 0. The molecule has 0 bridgehead atoms. The van der Waals surface area contributed by atoms with Crippen LogP contribution < -0.4 is 10.1 Å². The highest BCUT2D eigenvalue weighted by molar-refractivity contribution is 7.16. The number of benzene rings is 2. The monoisotopic (exact) mass is 328 g/mol. The van der Waals surface area contributed by atoms with Crippen molar-refractivity contribution in [2.75, 3.05) is 12.4 Å². The zero-order valence-corrected chi connectivity index (χ0v) is 13.5. The summed E-state index contributed by atoms with van der Waals surface area (Å²) in [4.78, 5) is 6.03. The van der Waals surface area contributed by atoms with Crippen LogP contribution in [0.3, 0.4) is 0 Å². The van der Waals surface area contributed by atoms with Crippen LogP contribution >= 0.6 is 22.9 Å². The summed E-state index contributed by atoms with van der Waals surface area (Å²) in [7, 11) is 1.69. The van der Waals surface area contributed by atoms with Crippen molar-refractivity contribution in [3.63, 3.8) is 0 Å². The van der Waals surface area contributed by atoms with Gasteiger partial charge in [0.2, 0.25) is 0 Å². The fourth-order valence-electron chi connectivity index (χ4n) is 2.64. The van der Waals surface area contributed by atoms with Crippen LogP contribution in [0.5, 0.6) is 5.75 Å². The van der Waals surface area contributed by atoms with E-state index >= 15 is 0 Å². The maximum absolute atomic E-state index is 5.91. The molecule has 0 aliphatic heterocycles. The molecule has 0 radical (unpaired) electrons. The topological polar surface area (TPSA) is 34.1 Å². The SMILES string of the molecule is COc1ccc2c(c1)Cc1sc(Nc3ccc(Cl)cc3)nc1-2. The first-order valence-corrected chi connectivity index (χ1v) is 8.12. The number of nitrogens with one attached hydrogen (secondary N) is 1. The van der Waals surface area contributed by atoms with E-state index in [1.54, 1.807) is 18.4 Å². The van der Waals surface area contributed by atoms with Gasteiger partial charge in [0.1, 0.15) is 5.75 Å². The van der Waals surface area contributed by atoms with Gasteiger partial charge in [-0.2, -0.15) is 0 Å². The van der Waals surface area contributed by atoms with Crippen LogP contribution in [-0.4, -0.2) is 12.1 Å². The van der Waals surface area contributed by atoms with Gasteiger partial charge in [-0.3, -0.25) is 0 Å². The molecule has 0 atom stereocenters. The molecule has 22 heavy (non-hydrogen) atoms. The van der Waals surface area contributed by atoms with Crippen LogP contribution in [0.25, 0.3) is 11.3 Å². The molecule has 1 N–H and O–H groups in total. The van der Waals surface area contributed by atoms with Gasteiger partial charge < -0.3 is 10.1 Å². The first kappa shape index (κ1) is 13.6. The second-order valence-corrected chi connectivity index (χ2v) is 6.64. The second-order valence-electron chi connectivity index (χ2n) is 5.12. The molecule has 4 rings (SSSR count). The summed E-state index contributed by atoms with van der Waals surface area (Å²) < 4.78 is 5.29. The number of fused-ring (bicyclic) bond motifs is 3. The molecule has 2 aromatic carbocycles. The minimum Gasteiger partial charge on any atom is -0.497 e. The largest absolute Gasteiger partial charge is 0.497 e. The Balaban J connectivity index is 1.63. The number of halogens is 1. The van der Waals surface area contributed by atoms with Gasteiger partial charge in [-0.25, -0.2) is 4.98 Å². The summed E-state index contributed by atoms with van der Waals surface area (Å²) in [5, 5.41) is 4.98. The molecule has 1 aromatic heterocycles. The van der Waals surface area contributed by atoms with E-state index in [0.717, 1.165) is 33.7 Å². The number of rotatable bonds is 3. The molecule has 3 aromatic rings. The molecule has 0 unspecified atom stereocenters. The average molecular weight is 329 g/mol. The zero-order chi connectivity index (χ0) is 15.1. The van der Waals surface area contributed by atoms with Crippen molar-refractivity contribution in [1.82, 2.24) is 4.98 Å². The van der Waals surface area contributed by atoms with E-state index in [2.05, 4.69) is 17.4 Å². The van der Waals surface area contributed by atoms with E-state index in [1.807, 2.05) is 30.3 Å². The van der Waals surface area contributed by atoms with Crippen LogP contribution in [0.15, 0.2) is 42.5 Å². The number of hydrogen-bond donors (Lipinski definition) is 1. The van der Waals surface area contributed by atoms with Crippen molar-refractivity contribution in [1.29, 1.82) is 0 Å². The molecule has 0 saturated heterocycles. The second kappa shape index (κ2) is 5.30. The Morgan fingerprint density at radius 3 is 2.77 bits per heavy atom. The molecule has 110 valence electrons. The fraction of sp³-hybridized carbons (Fsp3) is 0.118. The molecule has 1 aliphatic carbocycles. The summed E-state index contributed by atoms with van der Waals surface area (Å²) in [6, 6.07) is 13.8. The molecule has 3 nitrogen and oxygen atoms in total. The van der Waals surface area contributed by atoms with Crippen LogP contribution in [0, 0.1) is 0 Å². The molecule has 0 amide bonds. The van der Waals surface area contributed by atoms with Gasteiger partial charge in [0.15, 0.2) is 5.13 Å². The van der Waals surface area contributed by atoms with Crippen LogP contribution in [0.1, 0.15) is 10.4 Å². The first-order valence-electron chi connectivity index (χ1n) is 6.92. The van der Waals surface area contributed by atoms with Gasteiger partial charge in [0.05, 0.1) is 12.8 Å². The average Bonchev–Trinajstić information content (AvgIpc) is 3.05. The van der Waals surface area contributed by atoms with E-state index in [0.29, 0.717) is 0 Å². The quantitative estimate of drug-likeness (QED) is 0.566. The number of ether oxygens (including phenoxy) is 1. The van der Waals surface area contributed by atoms with Crippen molar-refractivity contribution in [2.45, 2.75) is 6.42 Å². The highest BCUT2D eigenvalue weighted by Gasteiger charge is 2.23. The molecule has 0 saturated carbocycles. The number of hydrogen-bond acceptors (Lipinski definition) is 4. The fourth-order valence-corrected chi connectivity index (χ4v) is 3.78. The lowest BCUT2D eigenvalue weighted by atomic mass is 10.1. The lowest BCUT2D eigenvalue weighted by Gasteiger charge is -2.04. The van der Waals surface area contributed by atoms with Crippen molar-refractivity contribution in [3.8, 4) is 17.0 Å². The number of thiazole rings is 1. The molecule has 1 heterocycles. The molecular formula is C17H13ClN2OS. The van der Waals surface area contributed by atoms with Gasteiger partial charge in [0.25, 0.3) is 0 Å². The van der Waals surface area contributed by atoms with Crippen LogP contribution in [0.4, 0.5) is 10.8 Å². The third-order valence-corrected chi connectivity index (χ3v) is 4.93. The highest BCUT2D eigenvalue weighted by Crippen LogP contribution is 2.42. The Kier molecular flexibility index (Phi) is 3.28. The van der Waals surface area contributed by atoms with E-state index in [4.69, 9.17) is 21.3 Å². The Bertz CT molecular complexity index is 842. The van der Waals surface area contributed by atoms with Gasteiger partial charge in [-0.05, 0) is 48.0 Å². The summed E-state index contributed by atoms with van der Waals surface area (Å²) >= 11 is 7.60. The minimum atomic E-state index is 0.732. The number of aromatic nitrogens is 1. The Morgan fingerprint density at radius 2 is 2.00 bits per heavy atom. The normalized spacial score (nSPS) is 11.9. The van der Waals surface area contributed by atoms with Gasteiger partial charge in [-0.15, -0.1) is 11.3 Å². The third kappa shape index (κ3) is 2.34. The van der Waals surface area contributed by atoms with Crippen LogP contribution in [-0.2, 0) is 6.42 Å². The standard InChI is InChI=1S/C17H13ClN2OS/c1-21-13-6-7-14-10(8-13)9-15-16(14)20-17(22-15)19-12-4-2-11(18)3-5-12/h2-8H,9H2,1H3,(H,19,20). The Labute approximate surface area is 137 Å². The number of anilines is 2. The highest BCUT2D eigenvalue weighted by atomic mass is 35.5. The van der Waals surface area contributed by atoms with E-state index in [-0.39, 0.29) is 0 Å². The summed E-state index contributed by atoms with van der Waals surface area (Å²) in [6.07, 6.45) is 0.918. The zero-order valence-electron chi connectivity index (χ0n) is 11.9. The summed E-state index contributed by atoms with van der Waals surface area (Å²) in [5.41, 5.74) is 4.56. The van der Waals surface area contributed by atoms with E-state index in [1.165, 1.54) is 16.0 Å². The lowest BCUT2D eigenvalue weighted by molar-refractivity contribution is 0.414.